The number of rotatable bonds is 2. The summed E-state index contributed by atoms with van der Waals surface area (Å²) in [7, 11) is 0. The highest BCUT2D eigenvalue weighted by Crippen LogP contribution is 2.60. The Kier molecular flexibility index (Phi) is 2.54. The predicted octanol–water partition coefficient (Wildman–Crippen LogP) is 3.19. The van der Waals surface area contributed by atoms with E-state index in [4.69, 9.17) is 5.73 Å². The highest BCUT2D eigenvalue weighted by Gasteiger charge is 2.56. The molecule has 0 aromatic rings. The molecule has 3 saturated carbocycles. The van der Waals surface area contributed by atoms with Crippen LogP contribution in [0.15, 0.2) is 0 Å². The molecule has 15 heavy (non-hydrogen) atoms. The molecule has 86 valence electrons. The van der Waals surface area contributed by atoms with Gasteiger partial charge in [-0.1, -0.05) is 26.2 Å². The van der Waals surface area contributed by atoms with Gasteiger partial charge in [0.25, 0.3) is 0 Å². The van der Waals surface area contributed by atoms with Gasteiger partial charge in [-0.05, 0) is 55.3 Å². The molecule has 0 spiro atoms. The molecule has 2 N–H and O–H groups in total. The van der Waals surface area contributed by atoms with E-state index >= 15 is 0 Å². The Balaban J connectivity index is 1.54. The Labute approximate surface area is 93.8 Å². The molecular formula is C14H25N. The van der Waals surface area contributed by atoms with Gasteiger partial charge in [0.2, 0.25) is 0 Å². The molecule has 3 aliphatic rings. The standard InChI is InChI=1S/C14H25N/c1-9-5-7-10(8-6-9)14(15)13-11-3-2-4-12(11)13/h9-14H,2-8,15H2,1H3. The van der Waals surface area contributed by atoms with Crippen LogP contribution in [0.25, 0.3) is 0 Å². The average Bonchev–Trinajstić information content (AvgIpc) is 2.72. The zero-order chi connectivity index (χ0) is 10.4. The van der Waals surface area contributed by atoms with Crippen LogP contribution < -0.4 is 5.73 Å². The van der Waals surface area contributed by atoms with E-state index in [2.05, 4.69) is 6.92 Å². The third kappa shape index (κ3) is 1.73. The maximum absolute atomic E-state index is 6.49. The minimum absolute atomic E-state index is 0.563. The number of fused-ring (bicyclic) bond motifs is 1. The maximum atomic E-state index is 6.49. The summed E-state index contributed by atoms with van der Waals surface area (Å²) < 4.78 is 0. The highest BCUT2D eigenvalue weighted by molar-refractivity contribution is 5.07. The van der Waals surface area contributed by atoms with Crippen molar-refractivity contribution in [1.29, 1.82) is 0 Å². The molecule has 0 aromatic carbocycles. The first-order chi connectivity index (χ1) is 7.27. The van der Waals surface area contributed by atoms with Gasteiger partial charge in [-0.15, -0.1) is 0 Å². The Morgan fingerprint density at radius 2 is 1.53 bits per heavy atom. The zero-order valence-corrected chi connectivity index (χ0v) is 9.99. The van der Waals surface area contributed by atoms with Crippen molar-refractivity contribution in [3.05, 3.63) is 0 Å². The molecule has 1 nitrogen and oxygen atoms in total. The van der Waals surface area contributed by atoms with E-state index in [1.165, 1.54) is 44.9 Å². The summed E-state index contributed by atoms with van der Waals surface area (Å²) in [5, 5.41) is 0. The van der Waals surface area contributed by atoms with Crippen molar-refractivity contribution in [1.82, 2.24) is 0 Å². The van der Waals surface area contributed by atoms with Crippen molar-refractivity contribution < 1.29 is 0 Å². The number of nitrogens with two attached hydrogens (primary N) is 1. The van der Waals surface area contributed by atoms with Crippen molar-refractivity contribution in [2.24, 2.45) is 35.3 Å². The van der Waals surface area contributed by atoms with E-state index in [0.717, 1.165) is 29.6 Å². The van der Waals surface area contributed by atoms with E-state index in [9.17, 15) is 0 Å². The first kappa shape index (κ1) is 10.1. The van der Waals surface area contributed by atoms with Crippen molar-refractivity contribution in [2.75, 3.05) is 0 Å². The molecule has 3 atom stereocenters. The highest BCUT2D eigenvalue weighted by atomic mass is 14.8. The van der Waals surface area contributed by atoms with Gasteiger partial charge in [0.1, 0.15) is 0 Å². The average molecular weight is 207 g/mol. The van der Waals surface area contributed by atoms with E-state index in [-0.39, 0.29) is 0 Å². The number of hydrogen-bond acceptors (Lipinski definition) is 1. The van der Waals surface area contributed by atoms with Crippen molar-refractivity contribution in [2.45, 2.75) is 57.9 Å². The minimum atomic E-state index is 0.563. The molecule has 0 amide bonds. The molecule has 0 heterocycles. The van der Waals surface area contributed by atoms with E-state index in [0.29, 0.717) is 6.04 Å². The molecule has 0 saturated heterocycles. The van der Waals surface area contributed by atoms with Crippen LogP contribution in [0.3, 0.4) is 0 Å². The molecule has 1 heteroatoms. The Morgan fingerprint density at radius 1 is 0.933 bits per heavy atom. The largest absolute Gasteiger partial charge is 0.327 e. The fourth-order valence-electron chi connectivity index (χ4n) is 4.43. The SMILES string of the molecule is CC1CCC(C(N)C2C3CCCC32)CC1. The van der Waals surface area contributed by atoms with Crippen LogP contribution in [0, 0.1) is 29.6 Å². The molecule has 3 aliphatic carbocycles. The first-order valence-corrected chi connectivity index (χ1v) is 7.03. The minimum Gasteiger partial charge on any atom is -0.327 e. The lowest BCUT2D eigenvalue weighted by atomic mass is 9.77. The van der Waals surface area contributed by atoms with Gasteiger partial charge in [-0.3, -0.25) is 0 Å². The summed E-state index contributed by atoms with van der Waals surface area (Å²) >= 11 is 0. The Hall–Kier alpha value is -0.0400. The monoisotopic (exact) mass is 207 g/mol. The second-order valence-electron chi connectivity index (χ2n) is 6.43. The molecule has 0 bridgehead atoms. The van der Waals surface area contributed by atoms with Crippen LogP contribution in [0.1, 0.15) is 51.9 Å². The van der Waals surface area contributed by atoms with Gasteiger partial charge in [0, 0.05) is 6.04 Å². The lowest BCUT2D eigenvalue weighted by Crippen LogP contribution is -2.36. The van der Waals surface area contributed by atoms with Crippen LogP contribution >= 0.6 is 0 Å². The van der Waals surface area contributed by atoms with Gasteiger partial charge in [-0.25, -0.2) is 0 Å². The van der Waals surface area contributed by atoms with Gasteiger partial charge in [-0.2, -0.15) is 0 Å². The summed E-state index contributed by atoms with van der Waals surface area (Å²) in [6.07, 6.45) is 10.2. The normalized spacial score (nSPS) is 51.2. The molecule has 3 unspecified atom stereocenters. The van der Waals surface area contributed by atoms with Gasteiger partial charge >= 0.3 is 0 Å². The van der Waals surface area contributed by atoms with Gasteiger partial charge in [0.15, 0.2) is 0 Å². The summed E-state index contributed by atoms with van der Waals surface area (Å²) in [4.78, 5) is 0. The van der Waals surface area contributed by atoms with Crippen molar-refractivity contribution in [3.8, 4) is 0 Å². The van der Waals surface area contributed by atoms with Crippen LogP contribution in [0.4, 0.5) is 0 Å². The maximum Gasteiger partial charge on any atom is 0.0101 e. The summed E-state index contributed by atoms with van der Waals surface area (Å²) in [6, 6.07) is 0.563. The van der Waals surface area contributed by atoms with Crippen LogP contribution in [-0.4, -0.2) is 6.04 Å². The second kappa shape index (κ2) is 3.76. The Morgan fingerprint density at radius 3 is 2.13 bits per heavy atom. The van der Waals surface area contributed by atoms with Crippen molar-refractivity contribution in [3.63, 3.8) is 0 Å². The van der Waals surface area contributed by atoms with Crippen molar-refractivity contribution >= 4 is 0 Å². The Bertz CT molecular complexity index is 219. The van der Waals surface area contributed by atoms with E-state index in [1.54, 1.807) is 0 Å². The third-order valence-corrected chi connectivity index (χ3v) is 5.52. The fraction of sp³-hybridized carbons (Fsp3) is 1.00. The summed E-state index contributed by atoms with van der Waals surface area (Å²) in [5.74, 6) is 4.89. The van der Waals surface area contributed by atoms with Gasteiger partial charge < -0.3 is 5.73 Å². The predicted molar refractivity (Wildman–Crippen MR) is 63.4 cm³/mol. The molecule has 3 rings (SSSR count). The summed E-state index contributed by atoms with van der Waals surface area (Å²) in [6.45, 7) is 2.40. The van der Waals surface area contributed by atoms with Gasteiger partial charge in [0.05, 0.1) is 0 Å². The lowest BCUT2D eigenvalue weighted by Gasteiger charge is -2.31. The molecule has 0 radical (unpaired) electrons. The van der Waals surface area contributed by atoms with Crippen LogP contribution in [0.2, 0.25) is 0 Å². The summed E-state index contributed by atoms with van der Waals surface area (Å²) in [5.41, 5.74) is 6.49. The fourth-order valence-corrected chi connectivity index (χ4v) is 4.43. The topological polar surface area (TPSA) is 26.0 Å². The molecular weight excluding hydrogens is 182 g/mol. The van der Waals surface area contributed by atoms with E-state index < -0.39 is 0 Å². The van der Waals surface area contributed by atoms with E-state index in [1.807, 2.05) is 0 Å². The molecule has 0 aromatic heterocycles. The third-order valence-electron chi connectivity index (χ3n) is 5.52. The first-order valence-electron chi connectivity index (χ1n) is 7.03. The zero-order valence-electron chi connectivity index (χ0n) is 9.99. The molecule has 0 aliphatic heterocycles. The quantitative estimate of drug-likeness (QED) is 0.739. The second-order valence-corrected chi connectivity index (χ2v) is 6.43. The lowest BCUT2D eigenvalue weighted by molar-refractivity contribution is 0.230. The number of hydrogen-bond donors (Lipinski definition) is 1. The smallest absolute Gasteiger partial charge is 0.0101 e. The van der Waals surface area contributed by atoms with Crippen LogP contribution in [-0.2, 0) is 0 Å². The molecule has 3 fully saturated rings. The van der Waals surface area contributed by atoms with Crippen LogP contribution in [0.5, 0.6) is 0 Å².